The molecule has 2 aliphatic rings. The van der Waals surface area contributed by atoms with Crippen LogP contribution in [0.4, 0.5) is 22.4 Å². The van der Waals surface area contributed by atoms with E-state index in [1.165, 1.54) is 38.1 Å². The van der Waals surface area contributed by atoms with E-state index in [1.54, 1.807) is 4.90 Å². The van der Waals surface area contributed by atoms with Gasteiger partial charge in [-0.05, 0) is 55.7 Å². The van der Waals surface area contributed by atoms with E-state index >= 15 is 0 Å². The number of nitrogens with one attached hydrogen (secondary N) is 1. The summed E-state index contributed by atoms with van der Waals surface area (Å²) in [5.41, 5.74) is 0.141. The molecule has 0 aromatic heterocycles. The van der Waals surface area contributed by atoms with Gasteiger partial charge in [-0.25, -0.2) is 14.1 Å². The summed E-state index contributed by atoms with van der Waals surface area (Å²) in [5, 5.41) is 12.4. The van der Waals surface area contributed by atoms with Gasteiger partial charge in [0.25, 0.3) is 5.91 Å². The fourth-order valence-corrected chi connectivity index (χ4v) is 5.73. The highest BCUT2D eigenvalue weighted by molar-refractivity contribution is 6.04. The molecule has 0 spiro atoms. The number of cyclic esters (lactones) is 1. The number of rotatable bonds is 8. The van der Waals surface area contributed by atoms with E-state index in [0.29, 0.717) is 12.0 Å². The van der Waals surface area contributed by atoms with E-state index in [-0.39, 0.29) is 60.7 Å². The van der Waals surface area contributed by atoms with Crippen molar-refractivity contribution in [2.45, 2.75) is 50.7 Å². The minimum absolute atomic E-state index is 0. The standard InChI is InChI=1S/C33H30F4N4O5.ClH/c1-32(2)30(43)41(31(44)46-32)19-29(42)40-13-12-27(25(18-40)21-6-4-3-5-7-21)39-17-23-15-22(9-11-28(23)45-33(35,36)37)24-10-8-20(16-38)14-26(24)34;/h3-11,14-15,25,27,39H,12-13,17-19H2,1-2H3;1H/t25-,27-;/m0./s1. The second-order valence-corrected chi connectivity index (χ2v) is 11.6. The van der Waals surface area contributed by atoms with Crippen molar-refractivity contribution in [2.75, 3.05) is 19.6 Å². The van der Waals surface area contributed by atoms with Crippen molar-refractivity contribution in [2.24, 2.45) is 0 Å². The number of likely N-dealkylation sites (tertiary alicyclic amines) is 1. The van der Waals surface area contributed by atoms with Gasteiger partial charge >= 0.3 is 12.5 Å². The molecule has 0 bridgehead atoms. The van der Waals surface area contributed by atoms with Crippen LogP contribution in [-0.2, 0) is 20.9 Å². The van der Waals surface area contributed by atoms with Crippen LogP contribution >= 0.6 is 12.4 Å². The quantitative estimate of drug-likeness (QED) is 0.296. The third kappa shape index (κ3) is 8.01. The monoisotopic (exact) mass is 674 g/mol. The van der Waals surface area contributed by atoms with Gasteiger partial charge in [0.05, 0.1) is 11.6 Å². The summed E-state index contributed by atoms with van der Waals surface area (Å²) in [6, 6.07) is 18.5. The summed E-state index contributed by atoms with van der Waals surface area (Å²) in [7, 11) is 0. The predicted molar refractivity (Wildman–Crippen MR) is 164 cm³/mol. The highest BCUT2D eigenvalue weighted by Crippen LogP contribution is 2.34. The zero-order valence-electron chi connectivity index (χ0n) is 25.3. The third-order valence-electron chi connectivity index (χ3n) is 8.06. The number of piperidine rings is 1. The number of nitriles is 1. The number of hydrogen-bond acceptors (Lipinski definition) is 7. The Hall–Kier alpha value is -4.67. The van der Waals surface area contributed by atoms with Crippen molar-refractivity contribution >= 4 is 30.3 Å². The number of amides is 3. The van der Waals surface area contributed by atoms with Gasteiger partial charge in [0, 0.05) is 42.7 Å². The Labute approximate surface area is 274 Å². The summed E-state index contributed by atoms with van der Waals surface area (Å²) in [5.74, 6) is -2.51. The van der Waals surface area contributed by atoms with Crippen molar-refractivity contribution in [3.63, 3.8) is 0 Å². The molecule has 2 atom stereocenters. The molecule has 2 heterocycles. The predicted octanol–water partition coefficient (Wildman–Crippen LogP) is 5.92. The molecule has 0 unspecified atom stereocenters. The molecule has 2 aliphatic heterocycles. The van der Waals surface area contributed by atoms with Crippen molar-refractivity contribution in [1.29, 1.82) is 5.26 Å². The number of alkyl halides is 3. The molecular weight excluding hydrogens is 644 g/mol. The van der Waals surface area contributed by atoms with Crippen LogP contribution < -0.4 is 10.1 Å². The molecule has 47 heavy (non-hydrogen) atoms. The van der Waals surface area contributed by atoms with Crippen molar-refractivity contribution < 1.29 is 41.4 Å². The Kier molecular flexibility index (Phi) is 10.5. The van der Waals surface area contributed by atoms with Crippen LogP contribution in [0.5, 0.6) is 5.75 Å². The first kappa shape index (κ1) is 35.2. The number of halogens is 5. The van der Waals surface area contributed by atoms with Gasteiger partial charge < -0.3 is 19.7 Å². The van der Waals surface area contributed by atoms with Gasteiger partial charge in [0.15, 0.2) is 5.60 Å². The van der Waals surface area contributed by atoms with Gasteiger partial charge in [-0.15, -0.1) is 25.6 Å². The van der Waals surface area contributed by atoms with Crippen molar-refractivity contribution in [3.05, 3.63) is 89.2 Å². The van der Waals surface area contributed by atoms with Gasteiger partial charge in [0.1, 0.15) is 18.1 Å². The second-order valence-electron chi connectivity index (χ2n) is 11.6. The molecule has 14 heteroatoms. The largest absolute Gasteiger partial charge is 0.573 e. The fraction of sp³-hybridized carbons (Fsp3) is 0.333. The molecule has 0 aliphatic carbocycles. The van der Waals surface area contributed by atoms with Crippen LogP contribution in [0.1, 0.15) is 42.9 Å². The smallest absolute Gasteiger partial charge is 0.433 e. The molecule has 2 fully saturated rings. The Morgan fingerprint density at radius 3 is 2.45 bits per heavy atom. The number of carbonyl (C=O) groups excluding carboxylic acids is 3. The zero-order chi connectivity index (χ0) is 33.2. The summed E-state index contributed by atoms with van der Waals surface area (Å²) in [6.45, 7) is 2.80. The average Bonchev–Trinajstić information content (AvgIpc) is 3.21. The second kappa shape index (κ2) is 14.0. The Bertz CT molecular complexity index is 1700. The molecule has 0 radical (unpaired) electrons. The fourth-order valence-electron chi connectivity index (χ4n) is 5.73. The molecule has 0 saturated carbocycles. The van der Waals surface area contributed by atoms with Crippen LogP contribution in [0.3, 0.4) is 0 Å². The number of imide groups is 1. The first-order chi connectivity index (χ1) is 21.8. The molecule has 2 saturated heterocycles. The van der Waals surface area contributed by atoms with Crippen LogP contribution in [-0.4, -0.2) is 65.3 Å². The molecular formula is C33H31ClF4N4O5. The van der Waals surface area contributed by atoms with Crippen LogP contribution in [0.25, 0.3) is 11.1 Å². The minimum atomic E-state index is -4.97. The maximum atomic E-state index is 14.8. The third-order valence-corrected chi connectivity index (χ3v) is 8.06. The Morgan fingerprint density at radius 1 is 1.11 bits per heavy atom. The van der Waals surface area contributed by atoms with E-state index < -0.39 is 48.0 Å². The van der Waals surface area contributed by atoms with E-state index in [2.05, 4.69) is 10.1 Å². The molecule has 248 valence electrons. The lowest BCUT2D eigenvalue weighted by Crippen LogP contribution is -2.52. The van der Waals surface area contributed by atoms with E-state index in [4.69, 9.17) is 10.00 Å². The average molecular weight is 675 g/mol. The Morgan fingerprint density at radius 2 is 1.83 bits per heavy atom. The SMILES string of the molecule is CC1(C)OC(=O)N(CC(=O)N2CC[C@H](NCc3cc(-c4ccc(C#N)cc4F)ccc3OC(F)(F)F)[C@H](c3ccccc3)C2)C1=O.Cl. The van der Waals surface area contributed by atoms with Crippen LogP contribution in [0.2, 0.25) is 0 Å². The maximum absolute atomic E-state index is 14.8. The van der Waals surface area contributed by atoms with Crippen LogP contribution in [0.15, 0.2) is 66.7 Å². The molecule has 3 aromatic rings. The topological polar surface area (TPSA) is 112 Å². The molecule has 5 rings (SSSR count). The van der Waals surface area contributed by atoms with Gasteiger partial charge in [0.2, 0.25) is 5.91 Å². The normalized spacial score (nSPS) is 19.1. The highest BCUT2D eigenvalue weighted by Gasteiger charge is 2.48. The van der Waals surface area contributed by atoms with Gasteiger partial charge in [-0.3, -0.25) is 9.59 Å². The zero-order valence-corrected chi connectivity index (χ0v) is 26.2. The summed E-state index contributed by atoms with van der Waals surface area (Å²) in [4.78, 5) is 40.4. The lowest BCUT2D eigenvalue weighted by atomic mass is 9.85. The summed E-state index contributed by atoms with van der Waals surface area (Å²) >= 11 is 0. The number of carbonyl (C=O) groups is 3. The number of benzene rings is 3. The highest BCUT2D eigenvalue weighted by atomic mass is 35.5. The van der Waals surface area contributed by atoms with Crippen molar-refractivity contribution in [3.8, 4) is 22.9 Å². The lowest BCUT2D eigenvalue weighted by molar-refractivity contribution is -0.274. The van der Waals surface area contributed by atoms with E-state index in [9.17, 15) is 31.9 Å². The van der Waals surface area contributed by atoms with Gasteiger partial charge in [-0.1, -0.05) is 42.5 Å². The van der Waals surface area contributed by atoms with Gasteiger partial charge in [-0.2, -0.15) is 5.26 Å². The molecule has 1 N–H and O–H groups in total. The lowest BCUT2D eigenvalue weighted by Gasteiger charge is -2.40. The summed E-state index contributed by atoms with van der Waals surface area (Å²) < 4.78 is 64.1. The summed E-state index contributed by atoms with van der Waals surface area (Å²) in [6.07, 6.45) is -5.46. The molecule has 3 aromatic carbocycles. The van der Waals surface area contributed by atoms with E-state index in [1.807, 2.05) is 36.4 Å². The molecule has 3 amide bonds. The number of hydrogen-bond donors (Lipinski definition) is 1. The Balaban J connectivity index is 0.00000500. The number of nitrogens with zero attached hydrogens (tertiary/aromatic N) is 3. The molecule has 9 nitrogen and oxygen atoms in total. The minimum Gasteiger partial charge on any atom is -0.433 e. The van der Waals surface area contributed by atoms with E-state index in [0.717, 1.165) is 22.6 Å². The van der Waals surface area contributed by atoms with Crippen LogP contribution in [0, 0.1) is 17.1 Å². The number of ether oxygens (including phenoxy) is 2. The first-order valence-electron chi connectivity index (χ1n) is 14.5. The first-order valence-corrected chi connectivity index (χ1v) is 14.5. The van der Waals surface area contributed by atoms with Crippen molar-refractivity contribution in [1.82, 2.24) is 15.1 Å². The maximum Gasteiger partial charge on any atom is 0.573 e.